The summed E-state index contributed by atoms with van der Waals surface area (Å²) in [5.74, 6) is 1.73. The SMILES string of the molecule is COc1cc(/C=N\Nc2cccc([N+](=O)[O-])c2)cc2c1OCCO2. The van der Waals surface area contributed by atoms with Crippen LogP contribution in [0.1, 0.15) is 5.56 Å². The summed E-state index contributed by atoms with van der Waals surface area (Å²) in [6, 6.07) is 9.65. The third kappa shape index (κ3) is 3.37. The number of hydrogen-bond donors (Lipinski definition) is 1. The molecule has 0 radical (unpaired) electrons. The molecule has 0 amide bonds. The summed E-state index contributed by atoms with van der Waals surface area (Å²) < 4.78 is 16.4. The summed E-state index contributed by atoms with van der Waals surface area (Å²) >= 11 is 0. The molecule has 0 fully saturated rings. The molecule has 124 valence electrons. The number of nitrogens with one attached hydrogen (secondary N) is 1. The van der Waals surface area contributed by atoms with Crippen molar-refractivity contribution in [3.05, 3.63) is 52.1 Å². The number of methoxy groups -OCH3 is 1. The van der Waals surface area contributed by atoms with Gasteiger partial charge in [-0.25, -0.2) is 0 Å². The van der Waals surface area contributed by atoms with Crippen LogP contribution in [0.25, 0.3) is 0 Å². The van der Waals surface area contributed by atoms with Gasteiger partial charge in [0.2, 0.25) is 5.75 Å². The van der Waals surface area contributed by atoms with E-state index in [1.165, 1.54) is 12.1 Å². The van der Waals surface area contributed by atoms with E-state index in [9.17, 15) is 10.1 Å². The van der Waals surface area contributed by atoms with E-state index in [0.29, 0.717) is 36.1 Å². The number of nitrogens with zero attached hydrogens (tertiary/aromatic N) is 2. The van der Waals surface area contributed by atoms with Gasteiger partial charge in [0.25, 0.3) is 5.69 Å². The lowest BCUT2D eigenvalue weighted by Gasteiger charge is -2.20. The van der Waals surface area contributed by atoms with Crippen molar-refractivity contribution in [2.75, 3.05) is 25.7 Å². The molecule has 1 N–H and O–H groups in total. The second kappa shape index (κ2) is 6.86. The van der Waals surface area contributed by atoms with Crippen molar-refractivity contribution in [3.8, 4) is 17.2 Å². The number of ether oxygens (including phenoxy) is 3. The van der Waals surface area contributed by atoms with E-state index in [0.717, 1.165) is 5.56 Å². The maximum atomic E-state index is 10.8. The van der Waals surface area contributed by atoms with Crippen LogP contribution in [0.15, 0.2) is 41.5 Å². The standard InChI is InChI=1S/C16H15N3O5/c1-22-14-7-11(8-15-16(14)24-6-5-23-15)10-17-18-12-3-2-4-13(9-12)19(20)21/h2-4,7-10,18H,5-6H2,1H3/b17-10-. The molecule has 0 aliphatic carbocycles. The summed E-state index contributed by atoms with van der Waals surface area (Å²) in [5, 5.41) is 14.8. The normalized spacial score (nSPS) is 12.9. The minimum absolute atomic E-state index is 0.00352. The van der Waals surface area contributed by atoms with E-state index in [-0.39, 0.29) is 5.69 Å². The molecule has 0 unspecified atom stereocenters. The van der Waals surface area contributed by atoms with Gasteiger partial charge >= 0.3 is 0 Å². The number of hydrazone groups is 1. The van der Waals surface area contributed by atoms with Crippen molar-refractivity contribution in [1.82, 2.24) is 0 Å². The Hall–Kier alpha value is -3.29. The highest BCUT2D eigenvalue weighted by Gasteiger charge is 2.17. The van der Waals surface area contributed by atoms with Gasteiger partial charge in [-0.05, 0) is 18.2 Å². The number of rotatable bonds is 5. The first kappa shape index (κ1) is 15.6. The minimum atomic E-state index is -0.458. The van der Waals surface area contributed by atoms with Gasteiger partial charge in [0.05, 0.1) is 23.9 Å². The molecular formula is C16H15N3O5. The quantitative estimate of drug-likeness (QED) is 0.515. The molecule has 2 aromatic carbocycles. The Morgan fingerprint density at radius 2 is 2.12 bits per heavy atom. The Bertz CT molecular complexity index is 774. The van der Waals surface area contributed by atoms with Gasteiger partial charge in [0, 0.05) is 17.7 Å². The highest BCUT2D eigenvalue weighted by atomic mass is 16.6. The van der Waals surface area contributed by atoms with Crippen molar-refractivity contribution in [2.24, 2.45) is 5.10 Å². The molecule has 8 nitrogen and oxygen atoms in total. The maximum Gasteiger partial charge on any atom is 0.271 e. The molecule has 0 atom stereocenters. The van der Waals surface area contributed by atoms with E-state index in [1.54, 1.807) is 37.6 Å². The monoisotopic (exact) mass is 329 g/mol. The number of hydrogen-bond acceptors (Lipinski definition) is 7. The molecule has 24 heavy (non-hydrogen) atoms. The summed E-state index contributed by atoms with van der Waals surface area (Å²) in [4.78, 5) is 10.3. The number of benzene rings is 2. The largest absolute Gasteiger partial charge is 0.493 e. The molecule has 0 spiro atoms. The van der Waals surface area contributed by atoms with Crippen molar-refractivity contribution in [3.63, 3.8) is 0 Å². The Labute approximate surface area is 137 Å². The van der Waals surface area contributed by atoms with E-state index in [4.69, 9.17) is 14.2 Å². The van der Waals surface area contributed by atoms with Crippen molar-refractivity contribution < 1.29 is 19.1 Å². The summed E-state index contributed by atoms with van der Waals surface area (Å²) in [7, 11) is 1.55. The van der Waals surface area contributed by atoms with Crippen LogP contribution in [0, 0.1) is 10.1 Å². The molecule has 1 heterocycles. The van der Waals surface area contributed by atoms with Crippen LogP contribution in [-0.2, 0) is 0 Å². The average molecular weight is 329 g/mol. The van der Waals surface area contributed by atoms with Crippen LogP contribution in [0.3, 0.4) is 0 Å². The first-order valence-corrected chi connectivity index (χ1v) is 7.18. The second-order valence-corrected chi connectivity index (χ2v) is 4.92. The lowest BCUT2D eigenvalue weighted by atomic mass is 10.2. The highest BCUT2D eigenvalue weighted by Crippen LogP contribution is 2.39. The molecular weight excluding hydrogens is 314 g/mol. The van der Waals surface area contributed by atoms with E-state index >= 15 is 0 Å². The molecule has 8 heteroatoms. The maximum absolute atomic E-state index is 10.8. The van der Waals surface area contributed by atoms with Gasteiger partial charge in [-0.15, -0.1) is 0 Å². The van der Waals surface area contributed by atoms with E-state index in [2.05, 4.69) is 10.5 Å². The van der Waals surface area contributed by atoms with Crippen molar-refractivity contribution in [2.45, 2.75) is 0 Å². The fourth-order valence-electron chi connectivity index (χ4n) is 2.24. The molecule has 0 bridgehead atoms. The summed E-state index contributed by atoms with van der Waals surface area (Å²) in [6.07, 6.45) is 1.57. The third-order valence-corrected chi connectivity index (χ3v) is 3.31. The average Bonchev–Trinajstić information content (AvgIpc) is 2.61. The van der Waals surface area contributed by atoms with Crippen LogP contribution >= 0.6 is 0 Å². The number of non-ortho nitro benzene ring substituents is 1. The van der Waals surface area contributed by atoms with Crippen molar-refractivity contribution >= 4 is 17.6 Å². The van der Waals surface area contributed by atoms with Gasteiger partial charge < -0.3 is 14.2 Å². The zero-order valence-electron chi connectivity index (χ0n) is 12.9. The topological polar surface area (TPSA) is 95.2 Å². The molecule has 1 aliphatic heterocycles. The van der Waals surface area contributed by atoms with Gasteiger partial charge in [0.15, 0.2) is 11.5 Å². The Morgan fingerprint density at radius 3 is 2.92 bits per heavy atom. The second-order valence-electron chi connectivity index (χ2n) is 4.92. The number of nitro benzene ring substituents is 1. The number of nitro groups is 1. The summed E-state index contributed by atoms with van der Waals surface area (Å²) in [5.41, 5.74) is 4.02. The van der Waals surface area contributed by atoms with Crippen LogP contribution in [-0.4, -0.2) is 31.5 Å². The lowest BCUT2D eigenvalue weighted by molar-refractivity contribution is -0.384. The predicted octanol–water partition coefficient (Wildman–Crippen LogP) is 2.82. The van der Waals surface area contributed by atoms with Gasteiger partial charge in [-0.3, -0.25) is 15.5 Å². The summed E-state index contributed by atoms with van der Waals surface area (Å²) in [6.45, 7) is 0.952. The van der Waals surface area contributed by atoms with Crippen LogP contribution in [0.2, 0.25) is 0 Å². The molecule has 2 aromatic rings. The van der Waals surface area contributed by atoms with Gasteiger partial charge in [-0.2, -0.15) is 5.10 Å². The first-order valence-electron chi connectivity index (χ1n) is 7.18. The van der Waals surface area contributed by atoms with Crippen LogP contribution in [0.4, 0.5) is 11.4 Å². The van der Waals surface area contributed by atoms with Crippen LogP contribution < -0.4 is 19.6 Å². The predicted molar refractivity (Wildman–Crippen MR) is 88.3 cm³/mol. The van der Waals surface area contributed by atoms with Gasteiger partial charge in [-0.1, -0.05) is 6.07 Å². The molecule has 0 aromatic heterocycles. The third-order valence-electron chi connectivity index (χ3n) is 3.31. The zero-order valence-corrected chi connectivity index (χ0v) is 12.9. The molecule has 3 rings (SSSR count). The molecule has 1 aliphatic rings. The molecule has 0 saturated heterocycles. The van der Waals surface area contributed by atoms with Crippen molar-refractivity contribution in [1.29, 1.82) is 0 Å². The highest BCUT2D eigenvalue weighted by molar-refractivity contribution is 5.83. The van der Waals surface area contributed by atoms with E-state index < -0.39 is 4.92 Å². The van der Waals surface area contributed by atoms with Gasteiger partial charge in [0.1, 0.15) is 13.2 Å². The fourth-order valence-corrected chi connectivity index (χ4v) is 2.24. The van der Waals surface area contributed by atoms with E-state index in [1.807, 2.05) is 0 Å². The molecule has 0 saturated carbocycles. The fraction of sp³-hybridized carbons (Fsp3) is 0.188. The first-order chi connectivity index (χ1) is 11.7. The zero-order chi connectivity index (χ0) is 16.9. The number of anilines is 1. The minimum Gasteiger partial charge on any atom is -0.493 e. The lowest BCUT2D eigenvalue weighted by Crippen LogP contribution is -2.16. The van der Waals surface area contributed by atoms with Crippen LogP contribution in [0.5, 0.6) is 17.2 Å². The number of fused-ring (bicyclic) bond motifs is 1. The smallest absolute Gasteiger partial charge is 0.271 e. The Balaban J connectivity index is 1.77. The Morgan fingerprint density at radius 1 is 1.29 bits per heavy atom. The Kier molecular flexibility index (Phi) is 4.46.